The smallest absolute Gasteiger partial charge is 0.456 e. The Labute approximate surface area is 222 Å². The second-order valence-corrected chi connectivity index (χ2v) is 14.6. The normalized spacial score (nSPS) is 36.2. The van der Waals surface area contributed by atoms with Gasteiger partial charge >= 0.3 is 24.0 Å². The lowest BCUT2D eigenvalue weighted by molar-refractivity contribution is -0.294. The van der Waals surface area contributed by atoms with Crippen molar-refractivity contribution in [3.8, 4) is 0 Å². The molecule has 4 saturated carbocycles. The maximum Gasteiger partial charge on any atom is 0.456 e. The Morgan fingerprint density at radius 1 is 0.816 bits per heavy atom. The van der Waals surface area contributed by atoms with E-state index in [1.165, 1.54) is 0 Å². The summed E-state index contributed by atoms with van der Waals surface area (Å²) in [6, 6.07) is 0. The van der Waals surface area contributed by atoms with Crippen molar-refractivity contribution in [3.05, 3.63) is 0 Å². The van der Waals surface area contributed by atoms with Gasteiger partial charge in [0.25, 0.3) is 0 Å². The molecule has 4 nitrogen and oxygen atoms in total. The maximum absolute atomic E-state index is 13.8. The van der Waals surface area contributed by atoms with Gasteiger partial charge in [-0.25, -0.2) is 0 Å². The molecule has 0 aliphatic heterocycles. The Balaban J connectivity index is 1.45. The molecule has 0 aromatic rings. The van der Waals surface area contributed by atoms with Crippen LogP contribution in [0.1, 0.15) is 87.0 Å². The predicted octanol–water partition coefficient (Wildman–Crippen LogP) is 7.45. The van der Waals surface area contributed by atoms with Crippen LogP contribution < -0.4 is 0 Å². The van der Waals surface area contributed by atoms with E-state index in [1.54, 1.807) is 0 Å². The highest BCUT2D eigenvalue weighted by molar-refractivity contribution is 5.78. The van der Waals surface area contributed by atoms with Gasteiger partial charge in [-0.2, -0.15) is 22.0 Å². The molecule has 4 rings (SSSR count). The van der Waals surface area contributed by atoms with Crippen molar-refractivity contribution in [2.45, 2.75) is 105 Å². The number of hydrogen-bond acceptors (Lipinski definition) is 4. The highest BCUT2D eigenvalue weighted by Crippen LogP contribution is 2.69. The molecule has 0 radical (unpaired) electrons. The van der Waals surface area contributed by atoms with Crippen molar-refractivity contribution >= 4 is 11.9 Å². The van der Waals surface area contributed by atoms with E-state index in [2.05, 4.69) is 46.3 Å². The van der Waals surface area contributed by atoms with Crippen LogP contribution in [-0.4, -0.2) is 36.7 Å². The summed E-state index contributed by atoms with van der Waals surface area (Å²) in [7, 11) is 0. The van der Waals surface area contributed by atoms with Gasteiger partial charge in [-0.15, -0.1) is 0 Å². The predicted molar refractivity (Wildman–Crippen MR) is 131 cm³/mol. The molecule has 9 heteroatoms. The molecular formula is C29H43F5O4. The minimum absolute atomic E-state index is 0.0397. The van der Waals surface area contributed by atoms with Crippen molar-refractivity contribution < 1.29 is 41.0 Å². The van der Waals surface area contributed by atoms with Gasteiger partial charge in [0, 0.05) is 0 Å². The standard InChI is InChI=1S/C29H43F5O4/c1-8-26(5,6)13-27(7,25(2,3)4)24(36)38-20-12-16-11-19(20)22-17-9-15(21(16)22)10-18(17)23(35)37-14-28(30,31)29(32,33)34/h15-22H,8-14H2,1-7H3. The van der Waals surface area contributed by atoms with Gasteiger partial charge in [-0.05, 0) is 85.4 Å². The lowest BCUT2D eigenvalue weighted by Crippen LogP contribution is -2.48. The number of alkyl halides is 5. The molecule has 4 aliphatic rings. The number of halogens is 5. The third-order valence-electron chi connectivity index (χ3n) is 11.0. The second-order valence-electron chi connectivity index (χ2n) is 14.6. The monoisotopic (exact) mass is 550 g/mol. The van der Waals surface area contributed by atoms with E-state index < -0.39 is 36.0 Å². The fourth-order valence-corrected chi connectivity index (χ4v) is 8.29. The lowest BCUT2D eigenvalue weighted by atomic mass is 9.60. The Hall–Kier alpha value is -1.41. The maximum atomic E-state index is 13.8. The summed E-state index contributed by atoms with van der Waals surface area (Å²) in [5, 5.41) is 0. The number of rotatable bonds is 8. The quantitative estimate of drug-likeness (QED) is 0.179. The largest absolute Gasteiger partial charge is 0.462 e. The van der Waals surface area contributed by atoms with Crippen molar-refractivity contribution in [1.29, 1.82) is 0 Å². The molecule has 9 unspecified atom stereocenters. The van der Waals surface area contributed by atoms with E-state index in [4.69, 9.17) is 4.74 Å². The first-order valence-corrected chi connectivity index (χ1v) is 14.0. The third kappa shape index (κ3) is 4.86. The van der Waals surface area contributed by atoms with Gasteiger partial charge in [0.05, 0.1) is 11.3 Å². The van der Waals surface area contributed by atoms with Crippen LogP contribution >= 0.6 is 0 Å². The van der Waals surface area contributed by atoms with Gasteiger partial charge in [-0.3, -0.25) is 9.59 Å². The topological polar surface area (TPSA) is 52.6 Å². The zero-order chi connectivity index (χ0) is 28.6. The van der Waals surface area contributed by atoms with Crippen LogP contribution in [0, 0.1) is 57.7 Å². The Bertz CT molecular complexity index is 938. The number of ether oxygens (including phenoxy) is 2. The summed E-state index contributed by atoms with van der Waals surface area (Å²) in [6.45, 7) is 12.6. The van der Waals surface area contributed by atoms with Crippen LogP contribution in [-0.2, 0) is 19.1 Å². The molecule has 9 atom stereocenters. The summed E-state index contributed by atoms with van der Waals surface area (Å²) in [6.07, 6.45) is -1.47. The molecule has 4 aliphatic carbocycles. The van der Waals surface area contributed by atoms with Crippen LogP contribution in [0.25, 0.3) is 0 Å². The summed E-state index contributed by atoms with van der Waals surface area (Å²) in [5.74, 6) is -5.81. The van der Waals surface area contributed by atoms with Crippen LogP contribution in [0.2, 0.25) is 0 Å². The Morgan fingerprint density at radius 3 is 1.95 bits per heavy atom. The molecule has 0 amide bonds. The zero-order valence-electron chi connectivity index (χ0n) is 23.6. The zero-order valence-corrected chi connectivity index (χ0v) is 23.6. The molecule has 0 saturated heterocycles. The van der Waals surface area contributed by atoms with Gasteiger partial charge in [-0.1, -0.05) is 48.0 Å². The first-order chi connectivity index (χ1) is 17.2. The van der Waals surface area contributed by atoms with Crippen LogP contribution in [0.3, 0.4) is 0 Å². The Kier molecular flexibility index (Phi) is 7.25. The first-order valence-electron chi connectivity index (χ1n) is 14.0. The van der Waals surface area contributed by atoms with Crippen LogP contribution in [0.15, 0.2) is 0 Å². The lowest BCUT2D eigenvalue weighted by Gasteiger charge is -2.46. The van der Waals surface area contributed by atoms with E-state index in [9.17, 15) is 31.5 Å². The molecule has 4 bridgehead atoms. The number of fused-ring (bicyclic) bond motifs is 9. The van der Waals surface area contributed by atoms with E-state index in [-0.39, 0.29) is 46.6 Å². The minimum atomic E-state index is -5.76. The molecule has 38 heavy (non-hydrogen) atoms. The minimum Gasteiger partial charge on any atom is -0.462 e. The van der Waals surface area contributed by atoms with Crippen molar-refractivity contribution in [2.75, 3.05) is 6.61 Å². The van der Waals surface area contributed by atoms with Gasteiger partial charge in [0.2, 0.25) is 0 Å². The van der Waals surface area contributed by atoms with E-state index in [0.717, 1.165) is 25.7 Å². The highest BCUT2D eigenvalue weighted by atomic mass is 19.4. The first kappa shape index (κ1) is 29.6. The number of hydrogen-bond donors (Lipinski definition) is 0. The molecule has 0 spiro atoms. The van der Waals surface area contributed by atoms with Crippen molar-refractivity contribution in [1.82, 2.24) is 0 Å². The molecule has 0 heterocycles. The second kappa shape index (κ2) is 9.32. The summed E-state index contributed by atoms with van der Waals surface area (Å²) in [5.41, 5.74) is -1.06. The SMILES string of the molecule is CCC(C)(C)CC(C)(C(=O)OC1CC2CC1C1C3CC(CC3C(=O)OCC(F)(F)C(F)(F)F)C21)C(C)(C)C. The molecular weight excluding hydrogens is 507 g/mol. The number of esters is 2. The Morgan fingerprint density at radius 2 is 1.39 bits per heavy atom. The molecule has 4 fully saturated rings. The van der Waals surface area contributed by atoms with Crippen molar-refractivity contribution in [3.63, 3.8) is 0 Å². The summed E-state index contributed by atoms with van der Waals surface area (Å²) in [4.78, 5) is 26.4. The van der Waals surface area contributed by atoms with E-state index in [1.807, 2.05) is 6.92 Å². The summed E-state index contributed by atoms with van der Waals surface area (Å²) < 4.78 is 75.1. The number of carbonyl (C=O) groups is 2. The highest BCUT2D eigenvalue weighted by Gasteiger charge is 2.67. The molecule has 0 N–H and O–H groups in total. The fraction of sp³-hybridized carbons (Fsp3) is 0.931. The summed E-state index contributed by atoms with van der Waals surface area (Å²) >= 11 is 0. The molecule has 0 aromatic heterocycles. The number of carbonyl (C=O) groups excluding carboxylic acids is 2. The molecule has 218 valence electrons. The average Bonchev–Trinajstić information content (AvgIpc) is 3.54. The van der Waals surface area contributed by atoms with E-state index in [0.29, 0.717) is 24.7 Å². The van der Waals surface area contributed by atoms with Crippen LogP contribution in [0.5, 0.6) is 0 Å². The third-order valence-corrected chi connectivity index (χ3v) is 11.0. The molecule has 0 aromatic carbocycles. The van der Waals surface area contributed by atoms with Gasteiger partial charge in [0.1, 0.15) is 6.10 Å². The van der Waals surface area contributed by atoms with Crippen molar-refractivity contribution in [2.24, 2.45) is 57.7 Å². The fourth-order valence-electron chi connectivity index (χ4n) is 8.29. The van der Waals surface area contributed by atoms with E-state index >= 15 is 0 Å². The average molecular weight is 551 g/mol. The van der Waals surface area contributed by atoms with Crippen LogP contribution in [0.4, 0.5) is 22.0 Å². The van der Waals surface area contributed by atoms with Gasteiger partial charge in [0.15, 0.2) is 6.61 Å². The van der Waals surface area contributed by atoms with Gasteiger partial charge < -0.3 is 9.47 Å².